The second kappa shape index (κ2) is 7.10. The molecule has 23 heavy (non-hydrogen) atoms. The van der Waals surface area contributed by atoms with E-state index in [0.29, 0.717) is 50.2 Å². The number of morpholine rings is 1. The number of hydrogen-bond acceptors (Lipinski definition) is 7. The van der Waals surface area contributed by atoms with Crippen molar-refractivity contribution >= 4 is 17.7 Å². The third kappa shape index (κ3) is 4.08. The first kappa shape index (κ1) is 17.4. The van der Waals surface area contributed by atoms with Crippen molar-refractivity contribution in [1.29, 1.82) is 0 Å². The van der Waals surface area contributed by atoms with Gasteiger partial charge < -0.3 is 25.2 Å². The monoisotopic (exact) mass is 324 g/mol. The van der Waals surface area contributed by atoms with Crippen LogP contribution in [0.15, 0.2) is 6.20 Å². The first-order valence-corrected chi connectivity index (χ1v) is 7.68. The molecule has 8 heteroatoms. The maximum absolute atomic E-state index is 11.6. The molecule has 0 radical (unpaired) electrons. The van der Waals surface area contributed by atoms with Gasteiger partial charge in [0.15, 0.2) is 0 Å². The van der Waals surface area contributed by atoms with E-state index in [-0.39, 0.29) is 0 Å². The fraction of sp³-hybridized carbons (Fsp3) is 0.667. The molecule has 1 aliphatic heterocycles. The number of carboxylic acid groups (broad SMARTS) is 1. The van der Waals surface area contributed by atoms with Crippen LogP contribution in [0.2, 0.25) is 0 Å². The minimum absolute atomic E-state index is 0.324. The van der Waals surface area contributed by atoms with Crippen molar-refractivity contribution in [3.05, 3.63) is 11.8 Å². The maximum Gasteiger partial charge on any atom is 0.313 e. The molecule has 0 spiro atoms. The highest BCUT2D eigenvalue weighted by Crippen LogP contribution is 2.32. The largest absolute Gasteiger partial charge is 0.481 e. The second-order valence-corrected chi connectivity index (χ2v) is 6.19. The molecule has 3 N–H and O–H groups in total. The number of aliphatic carboxylic acids is 1. The number of ether oxygens (including phenoxy) is 1. The number of nitrogens with one attached hydrogen (secondary N) is 1. The van der Waals surface area contributed by atoms with Gasteiger partial charge in [-0.05, 0) is 20.8 Å². The van der Waals surface area contributed by atoms with Crippen LogP contribution in [0.1, 0.15) is 26.3 Å². The SMILES string of the molecule is C[C@@H](O)CNc1ncc(C(C)(C)C(=O)O)c(N2CCOCC2)n1. The third-order valence-corrected chi connectivity index (χ3v) is 3.84. The molecule has 8 nitrogen and oxygen atoms in total. The first-order chi connectivity index (χ1) is 10.8. The summed E-state index contributed by atoms with van der Waals surface area (Å²) in [7, 11) is 0. The topological polar surface area (TPSA) is 108 Å². The Labute approximate surface area is 135 Å². The zero-order chi connectivity index (χ0) is 17.0. The molecule has 1 fully saturated rings. The van der Waals surface area contributed by atoms with Crippen LogP contribution >= 0.6 is 0 Å². The number of aliphatic hydroxyl groups excluding tert-OH is 1. The highest BCUT2D eigenvalue weighted by molar-refractivity contribution is 5.82. The predicted molar refractivity (Wildman–Crippen MR) is 85.9 cm³/mol. The van der Waals surface area contributed by atoms with Crippen molar-refractivity contribution in [3.63, 3.8) is 0 Å². The summed E-state index contributed by atoms with van der Waals surface area (Å²) in [5.41, 5.74) is -0.536. The summed E-state index contributed by atoms with van der Waals surface area (Å²) in [6.07, 6.45) is 1.02. The number of hydrogen-bond donors (Lipinski definition) is 3. The van der Waals surface area contributed by atoms with Crippen LogP contribution < -0.4 is 10.2 Å². The van der Waals surface area contributed by atoms with Gasteiger partial charge in [0.2, 0.25) is 5.95 Å². The molecule has 1 aliphatic rings. The Kier molecular flexibility index (Phi) is 5.38. The van der Waals surface area contributed by atoms with E-state index in [1.165, 1.54) is 0 Å². The van der Waals surface area contributed by atoms with Gasteiger partial charge in [0.1, 0.15) is 5.82 Å². The van der Waals surface area contributed by atoms with E-state index < -0.39 is 17.5 Å². The van der Waals surface area contributed by atoms with Crippen LogP contribution in [0.3, 0.4) is 0 Å². The number of carbonyl (C=O) groups is 1. The third-order valence-electron chi connectivity index (χ3n) is 3.84. The predicted octanol–water partition coefficient (Wildman–Crippen LogP) is 0.468. The zero-order valence-corrected chi connectivity index (χ0v) is 13.7. The lowest BCUT2D eigenvalue weighted by atomic mass is 9.85. The highest BCUT2D eigenvalue weighted by atomic mass is 16.5. The van der Waals surface area contributed by atoms with Gasteiger partial charge in [0.25, 0.3) is 0 Å². The molecule has 2 heterocycles. The van der Waals surface area contributed by atoms with Crippen LogP contribution in [0.4, 0.5) is 11.8 Å². The molecular formula is C15H24N4O4. The number of aromatic nitrogens is 2. The van der Waals surface area contributed by atoms with Gasteiger partial charge in [-0.1, -0.05) is 0 Å². The molecule has 0 unspecified atom stereocenters. The number of nitrogens with zero attached hydrogens (tertiary/aromatic N) is 3. The lowest BCUT2D eigenvalue weighted by Gasteiger charge is -2.32. The molecule has 0 aromatic carbocycles. The fourth-order valence-corrected chi connectivity index (χ4v) is 2.27. The number of carboxylic acids is 1. The van der Waals surface area contributed by atoms with Crippen molar-refractivity contribution in [2.24, 2.45) is 0 Å². The van der Waals surface area contributed by atoms with E-state index in [2.05, 4.69) is 15.3 Å². The van der Waals surface area contributed by atoms with Gasteiger partial charge in [-0.2, -0.15) is 4.98 Å². The molecule has 1 aromatic heterocycles. The van der Waals surface area contributed by atoms with E-state index in [0.717, 1.165) is 0 Å². The van der Waals surface area contributed by atoms with Gasteiger partial charge >= 0.3 is 5.97 Å². The summed E-state index contributed by atoms with van der Waals surface area (Å²) in [5.74, 6) is 0.0430. The zero-order valence-electron chi connectivity index (χ0n) is 13.7. The summed E-state index contributed by atoms with van der Waals surface area (Å²) in [5, 5.41) is 21.8. The van der Waals surface area contributed by atoms with Crippen molar-refractivity contribution in [2.45, 2.75) is 32.3 Å². The van der Waals surface area contributed by atoms with E-state index in [9.17, 15) is 15.0 Å². The Balaban J connectivity index is 2.38. The first-order valence-electron chi connectivity index (χ1n) is 7.68. The maximum atomic E-state index is 11.6. The van der Waals surface area contributed by atoms with Crippen LogP contribution in [-0.4, -0.2) is 65.1 Å². The minimum atomic E-state index is -1.10. The Morgan fingerprint density at radius 3 is 2.70 bits per heavy atom. The van der Waals surface area contributed by atoms with Crippen molar-refractivity contribution in [3.8, 4) is 0 Å². The Morgan fingerprint density at radius 1 is 1.48 bits per heavy atom. The molecule has 0 bridgehead atoms. The van der Waals surface area contributed by atoms with Gasteiger partial charge in [0.05, 0.1) is 24.7 Å². The smallest absolute Gasteiger partial charge is 0.313 e. The molecule has 128 valence electrons. The van der Waals surface area contributed by atoms with Crippen LogP contribution in [0.25, 0.3) is 0 Å². The number of rotatable bonds is 6. The standard InChI is InChI=1S/C15H24N4O4/c1-10(20)8-16-14-17-9-11(15(2,3)13(21)22)12(18-14)19-4-6-23-7-5-19/h9-10,20H,4-8H2,1-3H3,(H,21,22)(H,16,17,18)/t10-/m1/s1. The summed E-state index contributed by atoms with van der Waals surface area (Å²) >= 11 is 0. The van der Waals surface area contributed by atoms with Crippen LogP contribution in [0, 0.1) is 0 Å². The molecule has 1 aromatic rings. The van der Waals surface area contributed by atoms with Gasteiger partial charge in [-0.3, -0.25) is 4.79 Å². The van der Waals surface area contributed by atoms with Crippen molar-refractivity contribution in [1.82, 2.24) is 9.97 Å². The molecule has 0 saturated carbocycles. The Hall–Kier alpha value is -1.93. The number of anilines is 2. The minimum Gasteiger partial charge on any atom is -0.481 e. The van der Waals surface area contributed by atoms with E-state index in [1.54, 1.807) is 27.0 Å². The van der Waals surface area contributed by atoms with Crippen molar-refractivity contribution < 1.29 is 19.7 Å². The van der Waals surface area contributed by atoms with Crippen molar-refractivity contribution in [2.75, 3.05) is 43.1 Å². The average molecular weight is 324 g/mol. The average Bonchev–Trinajstić information content (AvgIpc) is 2.53. The molecule has 0 amide bonds. The molecule has 1 atom stereocenters. The molecular weight excluding hydrogens is 300 g/mol. The van der Waals surface area contributed by atoms with Crippen LogP contribution in [0.5, 0.6) is 0 Å². The summed E-state index contributed by atoms with van der Waals surface area (Å²) in [4.78, 5) is 22.3. The van der Waals surface area contributed by atoms with Gasteiger partial charge in [-0.15, -0.1) is 0 Å². The fourth-order valence-electron chi connectivity index (χ4n) is 2.27. The summed E-state index contributed by atoms with van der Waals surface area (Å²) in [6.45, 7) is 7.72. The Bertz CT molecular complexity index is 556. The normalized spacial score (nSPS) is 17.0. The van der Waals surface area contributed by atoms with Gasteiger partial charge in [-0.25, -0.2) is 4.98 Å². The van der Waals surface area contributed by atoms with Crippen LogP contribution in [-0.2, 0) is 14.9 Å². The van der Waals surface area contributed by atoms with E-state index in [1.807, 2.05) is 4.90 Å². The van der Waals surface area contributed by atoms with E-state index in [4.69, 9.17) is 4.74 Å². The molecule has 1 saturated heterocycles. The lowest BCUT2D eigenvalue weighted by molar-refractivity contribution is -0.142. The highest BCUT2D eigenvalue weighted by Gasteiger charge is 2.35. The van der Waals surface area contributed by atoms with E-state index >= 15 is 0 Å². The molecule has 2 rings (SSSR count). The second-order valence-electron chi connectivity index (χ2n) is 6.19. The summed E-state index contributed by atoms with van der Waals surface area (Å²) < 4.78 is 5.35. The quantitative estimate of drug-likeness (QED) is 0.693. The molecule has 0 aliphatic carbocycles. The Morgan fingerprint density at radius 2 is 2.13 bits per heavy atom. The summed E-state index contributed by atoms with van der Waals surface area (Å²) in [6, 6.07) is 0. The number of aliphatic hydroxyl groups is 1. The lowest BCUT2D eigenvalue weighted by Crippen LogP contribution is -2.40. The van der Waals surface area contributed by atoms with Gasteiger partial charge in [0, 0.05) is 31.4 Å².